The van der Waals surface area contributed by atoms with Crippen molar-refractivity contribution in [2.75, 3.05) is 14.2 Å². The van der Waals surface area contributed by atoms with Gasteiger partial charge in [0, 0.05) is 5.56 Å². The molecule has 0 spiro atoms. The molecule has 0 aromatic heterocycles. The van der Waals surface area contributed by atoms with Crippen LogP contribution in [0.25, 0.3) is 0 Å². The summed E-state index contributed by atoms with van der Waals surface area (Å²) in [5.74, 6) is 0.697. The minimum atomic E-state index is -0.380. The SMILES string of the molecule is COc1ccc(OC)c([C@H](C)NC(=O)Cc2ccccc2F)c1. The number of ether oxygens (including phenoxy) is 2. The zero-order valence-electron chi connectivity index (χ0n) is 13.4. The quantitative estimate of drug-likeness (QED) is 0.889. The molecule has 0 heterocycles. The lowest BCUT2D eigenvalue weighted by molar-refractivity contribution is -0.121. The van der Waals surface area contributed by atoms with Crippen LogP contribution in [0.5, 0.6) is 11.5 Å². The van der Waals surface area contributed by atoms with Crippen LogP contribution in [-0.2, 0) is 11.2 Å². The Morgan fingerprint density at radius 3 is 2.57 bits per heavy atom. The molecule has 1 N–H and O–H groups in total. The van der Waals surface area contributed by atoms with Crippen LogP contribution >= 0.6 is 0 Å². The Morgan fingerprint density at radius 2 is 1.91 bits per heavy atom. The van der Waals surface area contributed by atoms with Crippen molar-refractivity contribution in [2.24, 2.45) is 0 Å². The molecule has 122 valence electrons. The van der Waals surface area contributed by atoms with Crippen LogP contribution in [0, 0.1) is 5.82 Å². The normalized spacial score (nSPS) is 11.7. The number of methoxy groups -OCH3 is 2. The van der Waals surface area contributed by atoms with E-state index in [0.29, 0.717) is 17.1 Å². The van der Waals surface area contributed by atoms with Gasteiger partial charge < -0.3 is 14.8 Å². The molecule has 0 aliphatic carbocycles. The van der Waals surface area contributed by atoms with Crippen molar-refractivity contribution < 1.29 is 18.7 Å². The molecule has 0 saturated carbocycles. The molecule has 0 aliphatic rings. The van der Waals surface area contributed by atoms with E-state index >= 15 is 0 Å². The maximum atomic E-state index is 13.6. The zero-order chi connectivity index (χ0) is 16.8. The van der Waals surface area contributed by atoms with E-state index in [4.69, 9.17) is 9.47 Å². The third kappa shape index (κ3) is 4.22. The second-order valence-corrected chi connectivity index (χ2v) is 5.17. The predicted octanol–water partition coefficient (Wildman–Crippen LogP) is 3.26. The monoisotopic (exact) mass is 317 g/mol. The lowest BCUT2D eigenvalue weighted by Gasteiger charge is -2.18. The largest absolute Gasteiger partial charge is 0.497 e. The minimum Gasteiger partial charge on any atom is -0.497 e. The van der Waals surface area contributed by atoms with Crippen molar-refractivity contribution >= 4 is 5.91 Å². The van der Waals surface area contributed by atoms with Gasteiger partial charge in [-0.05, 0) is 36.8 Å². The summed E-state index contributed by atoms with van der Waals surface area (Å²) in [7, 11) is 3.15. The van der Waals surface area contributed by atoms with Gasteiger partial charge in [-0.1, -0.05) is 18.2 Å². The van der Waals surface area contributed by atoms with Crippen molar-refractivity contribution in [3.8, 4) is 11.5 Å². The van der Waals surface area contributed by atoms with Gasteiger partial charge in [0.25, 0.3) is 0 Å². The van der Waals surface area contributed by atoms with Gasteiger partial charge >= 0.3 is 0 Å². The fourth-order valence-corrected chi connectivity index (χ4v) is 2.36. The zero-order valence-corrected chi connectivity index (χ0v) is 13.4. The predicted molar refractivity (Wildman–Crippen MR) is 86.2 cm³/mol. The molecule has 1 amide bonds. The van der Waals surface area contributed by atoms with Gasteiger partial charge in [-0.3, -0.25) is 4.79 Å². The Hall–Kier alpha value is -2.56. The fraction of sp³-hybridized carbons (Fsp3) is 0.278. The second kappa shape index (κ2) is 7.63. The molecular formula is C18H20FNO3. The first-order valence-electron chi connectivity index (χ1n) is 7.30. The minimum absolute atomic E-state index is 0.0106. The van der Waals surface area contributed by atoms with E-state index in [-0.39, 0.29) is 24.2 Å². The topological polar surface area (TPSA) is 47.6 Å². The van der Waals surface area contributed by atoms with Crippen LogP contribution in [0.3, 0.4) is 0 Å². The first-order valence-corrected chi connectivity index (χ1v) is 7.30. The summed E-state index contributed by atoms with van der Waals surface area (Å²) in [6.45, 7) is 1.84. The smallest absolute Gasteiger partial charge is 0.225 e. The Kier molecular flexibility index (Phi) is 5.57. The second-order valence-electron chi connectivity index (χ2n) is 5.17. The van der Waals surface area contributed by atoms with Gasteiger partial charge in [0.05, 0.1) is 26.7 Å². The molecule has 5 heteroatoms. The highest BCUT2D eigenvalue weighted by Gasteiger charge is 2.16. The van der Waals surface area contributed by atoms with Crippen LogP contribution in [-0.4, -0.2) is 20.1 Å². The van der Waals surface area contributed by atoms with Crippen LogP contribution in [0.1, 0.15) is 24.1 Å². The van der Waals surface area contributed by atoms with E-state index < -0.39 is 0 Å². The van der Waals surface area contributed by atoms with E-state index in [1.165, 1.54) is 6.07 Å². The fourth-order valence-electron chi connectivity index (χ4n) is 2.36. The Labute approximate surface area is 135 Å². The van der Waals surface area contributed by atoms with Crippen molar-refractivity contribution in [1.82, 2.24) is 5.32 Å². The molecule has 0 bridgehead atoms. The third-order valence-corrected chi connectivity index (χ3v) is 3.59. The first kappa shape index (κ1) is 16.8. The van der Waals surface area contributed by atoms with Crippen molar-refractivity contribution in [1.29, 1.82) is 0 Å². The number of carbonyl (C=O) groups excluding carboxylic acids is 1. The van der Waals surface area contributed by atoms with Crippen molar-refractivity contribution in [2.45, 2.75) is 19.4 Å². The molecule has 2 aromatic rings. The standard InChI is InChI=1S/C18H20FNO3/c1-12(15-11-14(22-2)8-9-17(15)23-3)20-18(21)10-13-6-4-5-7-16(13)19/h4-9,11-12H,10H2,1-3H3,(H,20,21)/t12-/m0/s1. The summed E-state index contributed by atoms with van der Waals surface area (Å²) in [5.41, 5.74) is 1.17. The molecule has 0 unspecified atom stereocenters. The molecule has 0 fully saturated rings. The average molecular weight is 317 g/mol. The molecule has 1 atom stereocenters. The average Bonchev–Trinajstić information content (AvgIpc) is 2.56. The summed E-state index contributed by atoms with van der Waals surface area (Å²) >= 11 is 0. The summed E-state index contributed by atoms with van der Waals surface area (Å²) < 4.78 is 24.1. The first-order chi connectivity index (χ1) is 11.0. The van der Waals surface area contributed by atoms with Crippen LogP contribution in [0.2, 0.25) is 0 Å². The van der Waals surface area contributed by atoms with E-state index in [9.17, 15) is 9.18 Å². The number of rotatable bonds is 6. The van der Waals surface area contributed by atoms with Gasteiger partial charge in [-0.25, -0.2) is 4.39 Å². The summed E-state index contributed by atoms with van der Waals surface area (Å²) in [6, 6.07) is 11.3. The molecule has 0 radical (unpaired) electrons. The van der Waals surface area contributed by atoms with E-state index in [2.05, 4.69) is 5.32 Å². The molecule has 0 aliphatic heterocycles. The van der Waals surface area contributed by atoms with Gasteiger partial charge in [-0.2, -0.15) is 0 Å². The van der Waals surface area contributed by atoms with Crippen molar-refractivity contribution in [3.05, 3.63) is 59.4 Å². The van der Waals surface area contributed by atoms with E-state index in [0.717, 1.165) is 5.56 Å². The highest BCUT2D eigenvalue weighted by molar-refractivity contribution is 5.79. The van der Waals surface area contributed by atoms with Crippen LogP contribution in [0.4, 0.5) is 4.39 Å². The summed E-state index contributed by atoms with van der Waals surface area (Å²) in [4.78, 5) is 12.2. The number of hydrogen-bond donors (Lipinski definition) is 1. The number of carbonyl (C=O) groups is 1. The Balaban J connectivity index is 2.10. The van der Waals surface area contributed by atoms with Gasteiger partial charge in [0.1, 0.15) is 17.3 Å². The maximum Gasteiger partial charge on any atom is 0.225 e. The highest BCUT2D eigenvalue weighted by atomic mass is 19.1. The third-order valence-electron chi connectivity index (χ3n) is 3.59. The lowest BCUT2D eigenvalue weighted by atomic mass is 10.1. The van der Waals surface area contributed by atoms with Gasteiger partial charge in [0.2, 0.25) is 5.91 Å². The van der Waals surface area contributed by atoms with E-state index in [1.807, 2.05) is 13.0 Å². The summed E-state index contributed by atoms with van der Waals surface area (Å²) in [5, 5.41) is 2.86. The summed E-state index contributed by atoms with van der Waals surface area (Å²) in [6.07, 6.45) is -0.0106. The van der Waals surface area contributed by atoms with Crippen LogP contribution in [0.15, 0.2) is 42.5 Å². The number of benzene rings is 2. The number of halogens is 1. The number of hydrogen-bond acceptors (Lipinski definition) is 3. The van der Waals surface area contributed by atoms with Gasteiger partial charge in [-0.15, -0.1) is 0 Å². The lowest BCUT2D eigenvalue weighted by Crippen LogP contribution is -2.28. The molecule has 4 nitrogen and oxygen atoms in total. The molecule has 23 heavy (non-hydrogen) atoms. The van der Waals surface area contributed by atoms with Gasteiger partial charge in [0.15, 0.2) is 0 Å². The Bertz CT molecular complexity index is 688. The maximum absolute atomic E-state index is 13.6. The molecule has 0 saturated heterocycles. The van der Waals surface area contributed by atoms with Crippen molar-refractivity contribution in [3.63, 3.8) is 0 Å². The molecular weight excluding hydrogens is 297 g/mol. The number of nitrogens with one attached hydrogen (secondary N) is 1. The molecule has 2 aromatic carbocycles. The van der Waals surface area contributed by atoms with E-state index in [1.54, 1.807) is 44.6 Å². The van der Waals surface area contributed by atoms with Crippen LogP contribution < -0.4 is 14.8 Å². The highest BCUT2D eigenvalue weighted by Crippen LogP contribution is 2.29. The Morgan fingerprint density at radius 1 is 1.17 bits per heavy atom. The molecule has 2 rings (SSSR count). The number of amides is 1.